The van der Waals surface area contributed by atoms with E-state index in [0.29, 0.717) is 24.2 Å². The quantitative estimate of drug-likeness (QED) is 0.0762. The van der Waals surface area contributed by atoms with Gasteiger partial charge in [-0.1, -0.05) is 128 Å². The number of para-hydroxylation sites is 4. The topological polar surface area (TPSA) is 199 Å². The van der Waals surface area contributed by atoms with Crippen LogP contribution in [0.1, 0.15) is 117 Å². The maximum Gasteiger partial charge on any atom is 0.329 e. The van der Waals surface area contributed by atoms with Crippen molar-refractivity contribution in [2.75, 3.05) is 88.1 Å². The molecule has 0 aromatic heterocycles. The molecule has 500 valence electrons. The van der Waals surface area contributed by atoms with Crippen molar-refractivity contribution in [3.05, 3.63) is 119 Å². The van der Waals surface area contributed by atoms with Crippen molar-refractivity contribution >= 4 is 70.3 Å². The number of anilines is 4. The zero-order valence-corrected chi connectivity index (χ0v) is 57.1. The SMILES string of the molecule is CC(C)C[C@H]1C(=O)O[C@H](Cc2ccc(CN3CCN(C)c4ccccc43)cc2)C(=O)N(C)[C@@H](CC(C)C)C(=O)O[C@H](C)C(=O)N(C)[C@@H](CC(C)C)C(=O)O[C@H](Cc2ccc(CN3CCN(C)c4ccccc43)cc2)C(=O)N(C)[C@@H](CC(C)C)C(=O)O[C@H](C)C(=O)N1C. The van der Waals surface area contributed by atoms with E-state index in [9.17, 15) is 28.8 Å². The van der Waals surface area contributed by atoms with E-state index in [4.69, 9.17) is 18.9 Å². The molecule has 0 saturated carbocycles. The fraction of sp³-hybridized carbons (Fsp3) is 0.556. The molecule has 4 aromatic carbocycles. The van der Waals surface area contributed by atoms with Crippen LogP contribution in [0.25, 0.3) is 0 Å². The Hall–Kier alpha value is -8.16. The lowest BCUT2D eigenvalue weighted by Crippen LogP contribution is -2.55. The second-order valence-electron chi connectivity index (χ2n) is 27.1. The Morgan fingerprint density at radius 1 is 0.348 bits per heavy atom. The van der Waals surface area contributed by atoms with Crippen molar-refractivity contribution in [3.8, 4) is 0 Å². The van der Waals surface area contributed by atoms with Crippen molar-refractivity contribution in [1.82, 2.24) is 19.6 Å². The van der Waals surface area contributed by atoms with Gasteiger partial charge in [0.2, 0.25) is 0 Å². The van der Waals surface area contributed by atoms with E-state index in [1.807, 2.05) is 128 Å². The maximum absolute atomic E-state index is 15.2. The number of benzene rings is 4. The zero-order chi connectivity index (χ0) is 67.4. The standard InChI is InChI=1S/C72H100N8O12/c1-45(2)37-59-69(85)89-49(9)65(81)75(13)62(40-48(7)8)72(88)92-64(42-52-27-31-54(32-28-52)44-80-36-34-74(12)56-22-18-20-24-58(56)80)68(84)78(16)60(38-46(3)4)70(86)90-50(10)66(82)76(14)61(39-47(5)6)71(87)91-63(67(83)77(59)15)41-51-25-29-53(30-26-51)43-79-35-33-73(11)55-21-17-19-23-57(55)79/h17-32,45-50,59-64H,33-44H2,1-16H3/t49-,50-,59+,60+,61+,62+,63-,64-/m1/s1. The number of fused-ring (bicyclic) bond motifs is 2. The number of carbonyl (C=O) groups excluding carboxylic acids is 8. The first-order valence-electron chi connectivity index (χ1n) is 32.7. The highest BCUT2D eigenvalue weighted by Crippen LogP contribution is 2.35. The Kier molecular flexibility index (Phi) is 24.7. The molecule has 0 spiro atoms. The first-order chi connectivity index (χ1) is 43.5. The Labute approximate surface area is 545 Å². The van der Waals surface area contributed by atoms with Gasteiger partial charge in [-0.3, -0.25) is 19.2 Å². The highest BCUT2D eigenvalue weighted by atomic mass is 16.6. The number of cyclic esters (lactones) is 4. The summed E-state index contributed by atoms with van der Waals surface area (Å²) >= 11 is 0. The van der Waals surface area contributed by atoms with Gasteiger partial charge in [0.15, 0.2) is 24.4 Å². The molecule has 0 bridgehead atoms. The minimum Gasteiger partial charge on any atom is -0.451 e. The zero-order valence-electron chi connectivity index (χ0n) is 57.1. The predicted octanol–water partition coefficient (Wildman–Crippen LogP) is 8.58. The van der Waals surface area contributed by atoms with Crippen LogP contribution in [0.15, 0.2) is 97.1 Å². The van der Waals surface area contributed by atoms with E-state index in [0.717, 1.165) is 69.9 Å². The van der Waals surface area contributed by atoms with Crippen molar-refractivity contribution in [3.63, 3.8) is 0 Å². The van der Waals surface area contributed by atoms with Crippen molar-refractivity contribution in [1.29, 1.82) is 0 Å². The molecule has 3 aliphatic heterocycles. The fourth-order valence-corrected chi connectivity index (χ4v) is 12.4. The van der Waals surface area contributed by atoms with Crippen LogP contribution in [0.4, 0.5) is 22.7 Å². The average Bonchev–Trinajstić information content (AvgIpc) is 0.911. The molecule has 0 aliphatic carbocycles. The molecule has 1 saturated heterocycles. The lowest BCUT2D eigenvalue weighted by atomic mass is 9.99. The number of amides is 4. The molecule has 4 amide bonds. The Bertz CT molecular complexity index is 2980. The maximum atomic E-state index is 15.2. The third-order valence-corrected chi connectivity index (χ3v) is 17.8. The molecule has 7 rings (SSSR count). The second-order valence-corrected chi connectivity index (χ2v) is 27.1. The number of hydrogen-bond donors (Lipinski definition) is 0. The van der Waals surface area contributed by atoms with E-state index >= 15 is 9.59 Å². The lowest BCUT2D eigenvalue weighted by Gasteiger charge is -2.37. The van der Waals surface area contributed by atoms with Gasteiger partial charge in [0, 0.05) is 94.4 Å². The summed E-state index contributed by atoms with van der Waals surface area (Å²) in [5.41, 5.74) is 7.81. The van der Waals surface area contributed by atoms with Crippen molar-refractivity contribution in [2.24, 2.45) is 23.7 Å². The van der Waals surface area contributed by atoms with E-state index in [1.54, 1.807) is 0 Å². The van der Waals surface area contributed by atoms with Gasteiger partial charge in [0.25, 0.3) is 23.6 Å². The van der Waals surface area contributed by atoms with Crippen LogP contribution in [0.3, 0.4) is 0 Å². The number of ether oxygens (including phenoxy) is 4. The molecule has 1 fully saturated rings. The number of likely N-dealkylation sites (N-methyl/N-ethyl adjacent to an activating group) is 6. The minimum absolute atomic E-state index is 0.0874. The van der Waals surface area contributed by atoms with Gasteiger partial charge < -0.3 is 58.1 Å². The number of carbonyl (C=O) groups is 8. The van der Waals surface area contributed by atoms with Gasteiger partial charge in [-0.25, -0.2) is 19.2 Å². The third-order valence-electron chi connectivity index (χ3n) is 17.8. The summed E-state index contributed by atoms with van der Waals surface area (Å²) in [4.78, 5) is 133. The van der Waals surface area contributed by atoms with Gasteiger partial charge in [-0.15, -0.1) is 0 Å². The smallest absolute Gasteiger partial charge is 0.329 e. The van der Waals surface area contributed by atoms with Crippen LogP contribution >= 0.6 is 0 Å². The molecule has 8 atom stereocenters. The van der Waals surface area contributed by atoms with E-state index in [-0.39, 0.29) is 62.2 Å². The Morgan fingerprint density at radius 3 is 0.902 bits per heavy atom. The Morgan fingerprint density at radius 2 is 0.609 bits per heavy atom. The second kappa shape index (κ2) is 31.9. The van der Waals surface area contributed by atoms with Gasteiger partial charge in [-0.2, -0.15) is 0 Å². The Balaban J connectivity index is 1.23. The molecular formula is C72H100N8O12. The highest BCUT2D eigenvalue weighted by molar-refractivity contribution is 5.94. The molecule has 92 heavy (non-hydrogen) atoms. The first kappa shape index (κ1) is 71.3. The minimum atomic E-state index is -1.53. The van der Waals surface area contributed by atoms with Crippen LogP contribution in [0.5, 0.6) is 0 Å². The van der Waals surface area contributed by atoms with E-state index in [2.05, 4.69) is 58.0 Å². The first-order valence-corrected chi connectivity index (χ1v) is 32.7. The van der Waals surface area contributed by atoms with Crippen molar-refractivity contribution in [2.45, 2.75) is 169 Å². The summed E-state index contributed by atoms with van der Waals surface area (Å²) in [6.07, 6.45) is -5.92. The van der Waals surface area contributed by atoms with Gasteiger partial charge in [-0.05, 0) is 110 Å². The van der Waals surface area contributed by atoms with Gasteiger partial charge in [0.1, 0.15) is 24.2 Å². The van der Waals surface area contributed by atoms with Crippen LogP contribution < -0.4 is 19.6 Å². The summed E-state index contributed by atoms with van der Waals surface area (Å²) in [5.74, 6) is -7.33. The summed E-state index contributed by atoms with van der Waals surface area (Å²) in [7, 11) is 9.81. The monoisotopic (exact) mass is 1270 g/mol. The number of hydrogen-bond acceptors (Lipinski definition) is 16. The molecule has 0 radical (unpaired) electrons. The summed E-state index contributed by atoms with van der Waals surface area (Å²) in [6, 6.07) is 26.7. The van der Waals surface area contributed by atoms with E-state index in [1.165, 1.54) is 51.8 Å². The van der Waals surface area contributed by atoms with Crippen LogP contribution in [0, 0.1) is 23.7 Å². The van der Waals surface area contributed by atoms with Gasteiger partial charge in [0.05, 0.1) is 22.7 Å². The summed E-state index contributed by atoms with van der Waals surface area (Å²) < 4.78 is 24.6. The molecular weight excluding hydrogens is 1170 g/mol. The lowest BCUT2D eigenvalue weighted by molar-refractivity contribution is -0.176. The summed E-state index contributed by atoms with van der Waals surface area (Å²) in [6.45, 7) is 22.3. The van der Waals surface area contributed by atoms with Crippen LogP contribution in [-0.2, 0) is 83.2 Å². The van der Waals surface area contributed by atoms with Crippen molar-refractivity contribution < 1.29 is 57.3 Å². The van der Waals surface area contributed by atoms with E-state index < -0.39 is 96.1 Å². The third kappa shape index (κ3) is 18.1. The molecule has 3 aliphatic rings. The predicted molar refractivity (Wildman–Crippen MR) is 357 cm³/mol. The number of esters is 4. The largest absolute Gasteiger partial charge is 0.451 e. The highest BCUT2D eigenvalue weighted by Gasteiger charge is 2.43. The summed E-state index contributed by atoms with van der Waals surface area (Å²) in [5, 5.41) is 0. The molecule has 20 heteroatoms. The fourth-order valence-electron chi connectivity index (χ4n) is 12.4. The molecule has 20 nitrogen and oxygen atoms in total. The number of rotatable bonds is 16. The molecule has 0 unspecified atom stereocenters. The molecule has 4 aromatic rings. The average molecular weight is 1270 g/mol. The normalized spacial score (nSPS) is 23.3. The van der Waals surface area contributed by atoms with Gasteiger partial charge >= 0.3 is 23.9 Å². The van der Waals surface area contributed by atoms with Crippen LogP contribution in [-0.4, -0.2) is 184 Å². The van der Waals surface area contributed by atoms with Crippen LogP contribution in [0.2, 0.25) is 0 Å². The molecule has 0 N–H and O–H groups in total. The molecule has 3 heterocycles. The number of nitrogens with zero attached hydrogens (tertiary/aromatic N) is 8.